The van der Waals surface area contributed by atoms with Crippen LogP contribution in [0.4, 0.5) is 0 Å². The maximum absolute atomic E-state index is 11.3. The van der Waals surface area contributed by atoms with Crippen molar-refractivity contribution in [1.82, 2.24) is 5.32 Å². The van der Waals surface area contributed by atoms with Crippen molar-refractivity contribution in [3.8, 4) is 0 Å². The second kappa shape index (κ2) is 6.61. The number of carbonyl (C=O) groups excluding carboxylic acids is 1. The molecule has 1 heterocycles. The highest BCUT2D eigenvalue weighted by molar-refractivity contribution is 8.01. The molecule has 1 amide bonds. The van der Waals surface area contributed by atoms with Crippen molar-refractivity contribution in [2.24, 2.45) is 5.14 Å². The van der Waals surface area contributed by atoms with Crippen molar-refractivity contribution in [2.75, 3.05) is 7.05 Å². The number of hydrogen-bond acceptors (Lipinski definition) is 5. The number of primary sulfonamides is 1. The van der Waals surface area contributed by atoms with Crippen LogP contribution in [0.3, 0.4) is 0 Å². The molecule has 0 aliphatic rings. The van der Waals surface area contributed by atoms with Gasteiger partial charge in [0.05, 0.1) is 10.6 Å². The van der Waals surface area contributed by atoms with E-state index in [1.165, 1.54) is 17.8 Å². The Balaban J connectivity index is 2.07. The van der Waals surface area contributed by atoms with Crippen molar-refractivity contribution in [3.05, 3.63) is 42.0 Å². The Bertz CT molecular complexity index is 736. The van der Waals surface area contributed by atoms with Crippen LogP contribution in [0.1, 0.15) is 5.56 Å². The average molecular weight is 342 g/mol. The molecule has 1 aromatic carbocycles. The molecule has 0 saturated heterocycles. The van der Waals surface area contributed by atoms with E-state index >= 15 is 0 Å². The van der Waals surface area contributed by atoms with E-state index in [9.17, 15) is 13.2 Å². The highest BCUT2D eigenvalue weighted by Crippen LogP contribution is 2.34. The molecule has 0 bridgehead atoms. The minimum Gasteiger partial charge on any atom is -0.359 e. The molecule has 0 unspecified atom stereocenters. The summed E-state index contributed by atoms with van der Waals surface area (Å²) >= 11 is 2.59. The number of thiophene rings is 1. The molecule has 2 aromatic rings. The molecular weight excluding hydrogens is 328 g/mol. The first-order valence-electron chi connectivity index (χ1n) is 5.98. The van der Waals surface area contributed by atoms with E-state index in [2.05, 4.69) is 5.32 Å². The molecule has 0 fully saturated rings. The van der Waals surface area contributed by atoms with E-state index in [1.54, 1.807) is 13.1 Å². The molecule has 3 N–H and O–H groups in total. The van der Waals surface area contributed by atoms with Crippen molar-refractivity contribution in [3.63, 3.8) is 0 Å². The van der Waals surface area contributed by atoms with Gasteiger partial charge in [-0.2, -0.15) is 0 Å². The summed E-state index contributed by atoms with van der Waals surface area (Å²) < 4.78 is 23.4. The fraction of sp³-hybridized carbons (Fsp3) is 0.154. The molecular formula is C13H14N2O3S3. The van der Waals surface area contributed by atoms with E-state index in [0.717, 1.165) is 26.0 Å². The van der Waals surface area contributed by atoms with Gasteiger partial charge in [0.1, 0.15) is 4.21 Å². The molecule has 0 saturated carbocycles. The predicted octanol–water partition coefficient (Wildman–Crippen LogP) is 1.84. The molecule has 5 nitrogen and oxygen atoms in total. The van der Waals surface area contributed by atoms with E-state index < -0.39 is 10.0 Å². The van der Waals surface area contributed by atoms with Gasteiger partial charge in [0.2, 0.25) is 15.9 Å². The van der Waals surface area contributed by atoms with Crippen LogP contribution in [-0.4, -0.2) is 21.4 Å². The normalized spacial score (nSPS) is 11.3. The van der Waals surface area contributed by atoms with Crippen LogP contribution in [0.25, 0.3) is 0 Å². The summed E-state index contributed by atoms with van der Waals surface area (Å²) in [6.07, 6.45) is 0.343. The van der Waals surface area contributed by atoms with Crippen LogP contribution in [0.5, 0.6) is 0 Å². The zero-order chi connectivity index (χ0) is 15.5. The molecule has 0 atom stereocenters. The number of sulfonamides is 1. The van der Waals surface area contributed by atoms with Crippen LogP contribution in [0, 0.1) is 0 Å². The maximum Gasteiger partial charge on any atom is 0.247 e. The Hall–Kier alpha value is -1.35. The summed E-state index contributed by atoms with van der Waals surface area (Å²) in [6, 6.07) is 10.8. The third kappa shape index (κ3) is 4.57. The molecule has 2 rings (SSSR count). The second-order valence-corrected chi connectivity index (χ2v) is 8.46. The summed E-state index contributed by atoms with van der Waals surface area (Å²) in [6.45, 7) is 0. The molecule has 112 valence electrons. The zero-order valence-corrected chi connectivity index (χ0v) is 13.6. The standard InChI is InChI=1S/C13H14N2O3S3/c1-15-11(16)8-9-2-4-10(5-3-9)19-12-6-7-13(20-12)21(14,17)18/h2-7H,8H2,1H3,(H,15,16)(H2,14,17,18). The number of hydrogen-bond donors (Lipinski definition) is 2. The smallest absolute Gasteiger partial charge is 0.247 e. The lowest BCUT2D eigenvalue weighted by atomic mass is 10.1. The number of carbonyl (C=O) groups is 1. The molecule has 0 aliphatic carbocycles. The van der Waals surface area contributed by atoms with Crippen LogP contribution >= 0.6 is 23.1 Å². The largest absolute Gasteiger partial charge is 0.359 e. The quantitative estimate of drug-likeness (QED) is 0.867. The highest BCUT2D eigenvalue weighted by Gasteiger charge is 2.11. The fourth-order valence-corrected chi connectivity index (χ4v) is 4.56. The first-order valence-corrected chi connectivity index (χ1v) is 9.16. The predicted molar refractivity (Wildman–Crippen MR) is 84.0 cm³/mol. The van der Waals surface area contributed by atoms with Gasteiger partial charge in [0, 0.05) is 11.9 Å². The van der Waals surface area contributed by atoms with Crippen molar-refractivity contribution < 1.29 is 13.2 Å². The number of nitrogens with two attached hydrogens (primary N) is 1. The minimum atomic E-state index is -3.64. The third-order valence-electron chi connectivity index (χ3n) is 2.62. The Labute approximate surface area is 131 Å². The van der Waals surface area contributed by atoms with Gasteiger partial charge in [-0.25, -0.2) is 13.6 Å². The molecule has 21 heavy (non-hydrogen) atoms. The zero-order valence-electron chi connectivity index (χ0n) is 11.2. The second-order valence-electron chi connectivity index (χ2n) is 4.21. The van der Waals surface area contributed by atoms with Gasteiger partial charge in [0.15, 0.2) is 0 Å². The Kier molecular flexibility index (Phi) is 5.04. The topological polar surface area (TPSA) is 89.3 Å². The van der Waals surface area contributed by atoms with Crippen LogP contribution in [0.2, 0.25) is 0 Å². The lowest BCUT2D eigenvalue weighted by Crippen LogP contribution is -2.19. The van der Waals surface area contributed by atoms with E-state index in [0.29, 0.717) is 6.42 Å². The lowest BCUT2D eigenvalue weighted by molar-refractivity contribution is -0.119. The molecule has 1 aromatic heterocycles. The Morgan fingerprint density at radius 1 is 1.24 bits per heavy atom. The molecule has 0 spiro atoms. The lowest BCUT2D eigenvalue weighted by Gasteiger charge is -2.02. The van der Waals surface area contributed by atoms with Gasteiger partial charge in [-0.15, -0.1) is 11.3 Å². The number of benzene rings is 1. The minimum absolute atomic E-state index is 0.0357. The van der Waals surface area contributed by atoms with E-state index in [-0.39, 0.29) is 10.1 Å². The summed E-state index contributed by atoms with van der Waals surface area (Å²) in [5.41, 5.74) is 0.926. The SMILES string of the molecule is CNC(=O)Cc1ccc(Sc2ccc(S(N)(=O)=O)s2)cc1. The van der Waals surface area contributed by atoms with E-state index in [4.69, 9.17) is 5.14 Å². The van der Waals surface area contributed by atoms with Gasteiger partial charge in [0.25, 0.3) is 0 Å². The van der Waals surface area contributed by atoms with Gasteiger partial charge in [-0.3, -0.25) is 4.79 Å². The highest BCUT2D eigenvalue weighted by atomic mass is 32.3. The molecule has 0 aliphatic heterocycles. The van der Waals surface area contributed by atoms with Crippen LogP contribution in [0.15, 0.2) is 49.7 Å². The fourth-order valence-electron chi connectivity index (χ4n) is 1.58. The van der Waals surface area contributed by atoms with Crippen LogP contribution in [-0.2, 0) is 21.2 Å². The molecule has 8 heteroatoms. The van der Waals surface area contributed by atoms with Gasteiger partial charge in [-0.1, -0.05) is 23.9 Å². The van der Waals surface area contributed by atoms with Gasteiger partial charge in [-0.05, 0) is 29.8 Å². The monoisotopic (exact) mass is 342 g/mol. The number of rotatable bonds is 5. The third-order valence-corrected chi connectivity index (χ3v) is 6.29. The van der Waals surface area contributed by atoms with Crippen molar-refractivity contribution in [2.45, 2.75) is 19.7 Å². The number of amides is 1. The van der Waals surface area contributed by atoms with E-state index in [1.807, 2.05) is 24.3 Å². The number of likely N-dealkylation sites (N-methyl/N-ethyl adjacent to an activating group) is 1. The van der Waals surface area contributed by atoms with Crippen molar-refractivity contribution in [1.29, 1.82) is 0 Å². The average Bonchev–Trinajstić information content (AvgIpc) is 2.89. The molecule has 0 radical (unpaired) electrons. The first-order chi connectivity index (χ1) is 9.88. The van der Waals surface area contributed by atoms with Gasteiger partial charge >= 0.3 is 0 Å². The van der Waals surface area contributed by atoms with Gasteiger partial charge < -0.3 is 5.32 Å². The first kappa shape index (κ1) is 16.0. The summed E-state index contributed by atoms with van der Waals surface area (Å²) in [7, 11) is -2.03. The van der Waals surface area contributed by atoms with Crippen LogP contribution < -0.4 is 10.5 Å². The van der Waals surface area contributed by atoms with Crippen molar-refractivity contribution >= 4 is 39.0 Å². The Morgan fingerprint density at radius 2 is 1.90 bits per heavy atom. The Morgan fingerprint density at radius 3 is 2.43 bits per heavy atom. The maximum atomic E-state index is 11.3. The summed E-state index contributed by atoms with van der Waals surface area (Å²) in [5.74, 6) is -0.0357. The number of nitrogens with one attached hydrogen (secondary N) is 1. The summed E-state index contributed by atoms with van der Waals surface area (Å²) in [5, 5.41) is 7.65. The summed E-state index contributed by atoms with van der Waals surface area (Å²) in [4.78, 5) is 12.2.